The van der Waals surface area contributed by atoms with E-state index in [2.05, 4.69) is 23.1 Å². The number of carbonyl (C=O) groups is 1. The number of anilines is 1. The van der Waals surface area contributed by atoms with Crippen LogP contribution in [0.3, 0.4) is 0 Å². The van der Waals surface area contributed by atoms with Crippen molar-refractivity contribution in [2.75, 3.05) is 37.7 Å². The minimum Gasteiger partial charge on any atom is -0.349 e. The Bertz CT molecular complexity index is 783. The minimum atomic E-state index is -0.189. The maximum atomic E-state index is 13.2. The van der Waals surface area contributed by atoms with E-state index in [9.17, 15) is 4.79 Å². The summed E-state index contributed by atoms with van der Waals surface area (Å²) in [4.78, 5) is 17.4. The lowest BCUT2D eigenvalue weighted by atomic mass is 10.0. The molecular weight excluding hydrogens is 340 g/mol. The Morgan fingerprint density at radius 1 is 1.11 bits per heavy atom. The summed E-state index contributed by atoms with van der Waals surface area (Å²) in [6, 6.07) is 14.6. The number of benzene rings is 2. The summed E-state index contributed by atoms with van der Waals surface area (Å²) in [6.07, 6.45) is 3.12. The highest BCUT2D eigenvalue weighted by Crippen LogP contribution is 2.28. The van der Waals surface area contributed by atoms with Gasteiger partial charge >= 0.3 is 0 Å². The standard InChI is InChI=1S/C22H28N2O3/c1-2-24(19-12-7-9-17-8-3-4-10-18(17)19)21(25)16-23-13-6-5-11-20(23)22-26-14-15-27-22/h3-4,7-10,12,20,22H,2,5-6,11,13-16H2,1H3. The first kappa shape index (κ1) is 18.4. The molecule has 1 atom stereocenters. The fourth-order valence-corrected chi connectivity index (χ4v) is 4.30. The Morgan fingerprint density at radius 2 is 1.89 bits per heavy atom. The SMILES string of the molecule is CCN(C(=O)CN1CCCCC1C1OCCO1)c1cccc2ccccc12. The topological polar surface area (TPSA) is 42.0 Å². The summed E-state index contributed by atoms with van der Waals surface area (Å²) in [5.41, 5.74) is 0.988. The van der Waals surface area contributed by atoms with E-state index >= 15 is 0 Å². The van der Waals surface area contributed by atoms with Gasteiger partial charge in [-0.05, 0) is 37.8 Å². The molecule has 1 amide bonds. The Kier molecular flexibility index (Phi) is 5.72. The van der Waals surface area contributed by atoms with Gasteiger partial charge in [0.05, 0.1) is 31.5 Å². The molecule has 1 unspecified atom stereocenters. The van der Waals surface area contributed by atoms with Gasteiger partial charge in [0.15, 0.2) is 6.29 Å². The molecule has 0 aromatic heterocycles. The molecule has 0 spiro atoms. The monoisotopic (exact) mass is 368 g/mol. The van der Waals surface area contributed by atoms with Crippen LogP contribution in [0.5, 0.6) is 0 Å². The predicted octanol–water partition coefficient (Wildman–Crippen LogP) is 3.42. The third-order valence-electron chi connectivity index (χ3n) is 5.64. The highest BCUT2D eigenvalue weighted by atomic mass is 16.7. The van der Waals surface area contributed by atoms with Crippen molar-refractivity contribution < 1.29 is 14.3 Å². The van der Waals surface area contributed by atoms with E-state index in [1.807, 2.05) is 36.1 Å². The van der Waals surface area contributed by atoms with Crippen molar-refractivity contribution in [3.05, 3.63) is 42.5 Å². The smallest absolute Gasteiger partial charge is 0.241 e. The van der Waals surface area contributed by atoms with E-state index in [4.69, 9.17) is 9.47 Å². The Balaban J connectivity index is 1.54. The van der Waals surface area contributed by atoms with Crippen molar-refractivity contribution >= 4 is 22.4 Å². The molecule has 2 aromatic rings. The zero-order valence-electron chi connectivity index (χ0n) is 16.0. The van der Waals surface area contributed by atoms with Crippen LogP contribution in [0.1, 0.15) is 26.2 Å². The van der Waals surface area contributed by atoms with Crippen molar-refractivity contribution in [1.29, 1.82) is 0 Å². The van der Waals surface area contributed by atoms with Crippen molar-refractivity contribution in [3.63, 3.8) is 0 Å². The minimum absolute atomic E-state index is 0.138. The summed E-state index contributed by atoms with van der Waals surface area (Å²) >= 11 is 0. The van der Waals surface area contributed by atoms with E-state index in [1.165, 1.54) is 6.42 Å². The van der Waals surface area contributed by atoms with Crippen LogP contribution in [-0.2, 0) is 14.3 Å². The molecule has 5 nitrogen and oxygen atoms in total. The van der Waals surface area contributed by atoms with Crippen LogP contribution in [0.15, 0.2) is 42.5 Å². The van der Waals surface area contributed by atoms with Gasteiger partial charge in [0, 0.05) is 11.9 Å². The van der Waals surface area contributed by atoms with Crippen molar-refractivity contribution in [2.45, 2.75) is 38.5 Å². The number of piperidine rings is 1. The summed E-state index contributed by atoms with van der Waals surface area (Å²) in [5, 5.41) is 2.28. The molecule has 2 aliphatic heterocycles. The van der Waals surface area contributed by atoms with E-state index in [0.29, 0.717) is 26.3 Å². The van der Waals surface area contributed by atoms with Crippen LogP contribution in [0.25, 0.3) is 10.8 Å². The second kappa shape index (κ2) is 8.38. The van der Waals surface area contributed by atoms with Crippen molar-refractivity contribution in [2.24, 2.45) is 0 Å². The van der Waals surface area contributed by atoms with Crippen LogP contribution < -0.4 is 4.90 Å². The van der Waals surface area contributed by atoms with E-state index in [-0.39, 0.29) is 18.2 Å². The van der Waals surface area contributed by atoms with Gasteiger partial charge in [-0.2, -0.15) is 0 Å². The van der Waals surface area contributed by atoms with Crippen LogP contribution in [0.4, 0.5) is 5.69 Å². The molecule has 4 rings (SSSR count). The Morgan fingerprint density at radius 3 is 2.70 bits per heavy atom. The van der Waals surface area contributed by atoms with Gasteiger partial charge in [0.25, 0.3) is 0 Å². The largest absolute Gasteiger partial charge is 0.349 e. The first-order chi connectivity index (χ1) is 13.3. The first-order valence-electron chi connectivity index (χ1n) is 10.0. The number of likely N-dealkylation sites (tertiary alicyclic amines) is 1. The number of likely N-dealkylation sites (N-methyl/N-ethyl adjacent to an activating group) is 1. The maximum absolute atomic E-state index is 13.2. The van der Waals surface area contributed by atoms with Gasteiger partial charge in [-0.1, -0.05) is 42.8 Å². The lowest BCUT2D eigenvalue weighted by Gasteiger charge is -2.38. The number of rotatable bonds is 5. The third-order valence-corrected chi connectivity index (χ3v) is 5.64. The summed E-state index contributed by atoms with van der Waals surface area (Å²) in [7, 11) is 0. The van der Waals surface area contributed by atoms with Crippen LogP contribution in [-0.4, -0.2) is 56.0 Å². The first-order valence-corrected chi connectivity index (χ1v) is 10.0. The lowest BCUT2D eigenvalue weighted by molar-refractivity contribution is -0.129. The maximum Gasteiger partial charge on any atom is 0.241 e. The predicted molar refractivity (Wildman–Crippen MR) is 107 cm³/mol. The Labute approximate surface area is 160 Å². The van der Waals surface area contributed by atoms with Gasteiger partial charge in [-0.3, -0.25) is 9.69 Å². The normalized spacial score (nSPS) is 21.6. The van der Waals surface area contributed by atoms with Gasteiger partial charge in [-0.25, -0.2) is 0 Å². The molecule has 2 aliphatic rings. The average Bonchev–Trinajstić information content (AvgIpc) is 3.24. The molecule has 0 radical (unpaired) electrons. The second-order valence-electron chi connectivity index (χ2n) is 7.28. The van der Waals surface area contributed by atoms with Gasteiger partial charge < -0.3 is 14.4 Å². The quantitative estimate of drug-likeness (QED) is 0.811. The molecule has 0 aliphatic carbocycles. The number of amides is 1. The molecule has 2 heterocycles. The van der Waals surface area contributed by atoms with Gasteiger partial charge in [0.2, 0.25) is 5.91 Å². The molecule has 0 saturated carbocycles. The average molecular weight is 368 g/mol. The number of nitrogens with zero attached hydrogens (tertiary/aromatic N) is 2. The van der Waals surface area contributed by atoms with Crippen molar-refractivity contribution in [1.82, 2.24) is 4.90 Å². The molecule has 2 aromatic carbocycles. The van der Waals surface area contributed by atoms with E-state index in [0.717, 1.165) is 35.8 Å². The summed E-state index contributed by atoms with van der Waals surface area (Å²) in [5.74, 6) is 0.138. The van der Waals surface area contributed by atoms with Crippen LogP contribution in [0.2, 0.25) is 0 Å². The molecule has 2 fully saturated rings. The molecule has 5 heteroatoms. The summed E-state index contributed by atoms with van der Waals surface area (Å²) < 4.78 is 11.5. The van der Waals surface area contributed by atoms with Crippen molar-refractivity contribution in [3.8, 4) is 0 Å². The Hall–Kier alpha value is -1.95. The van der Waals surface area contributed by atoms with Crippen LogP contribution in [0, 0.1) is 0 Å². The molecule has 0 bridgehead atoms. The number of hydrogen-bond acceptors (Lipinski definition) is 4. The van der Waals surface area contributed by atoms with E-state index in [1.54, 1.807) is 0 Å². The second-order valence-corrected chi connectivity index (χ2v) is 7.28. The van der Waals surface area contributed by atoms with Gasteiger partial charge in [0.1, 0.15) is 0 Å². The van der Waals surface area contributed by atoms with Crippen LogP contribution >= 0.6 is 0 Å². The molecule has 144 valence electrons. The highest BCUT2D eigenvalue weighted by Gasteiger charge is 2.35. The number of carbonyl (C=O) groups excluding carboxylic acids is 1. The fraction of sp³-hybridized carbons (Fsp3) is 0.500. The molecule has 27 heavy (non-hydrogen) atoms. The number of ether oxygens (including phenoxy) is 2. The molecule has 2 saturated heterocycles. The zero-order chi connectivity index (χ0) is 18.6. The highest BCUT2D eigenvalue weighted by molar-refractivity contribution is 6.04. The lowest BCUT2D eigenvalue weighted by Crippen LogP contribution is -2.51. The van der Waals surface area contributed by atoms with Gasteiger partial charge in [-0.15, -0.1) is 0 Å². The summed E-state index contributed by atoms with van der Waals surface area (Å²) in [6.45, 7) is 5.33. The number of hydrogen-bond donors (Lipinski definition) is 0. The third kappa shape index (κ3) is 3.86. The fourth-order valence-electron chi connectivity index (χ4n) is 4.30. The number of fused-ring (bicyclic) bond motifs is 1. The zero-order valence-corrected chi connectivity index (χ0v) is 16.0. The molecule has 0 N–H and O–H groups in total. The van der Waals surface area contributed by atoms with E-state index < -0.39 is 0 Å². The molecular formula is C22H28N2O3.